The maximum atomic E-state index is 11.1. The van der Waals surface area contributed by atoms with E-state index >= 15 is 0 Å². The van der Waals surface area contributed by atoms with Gasteiger partial charge in [0.05, 0.1) is 5.69 Å². The number of nitrogens with zero attached hydrogens (tertiary/aromatic N) is 2. The van der Waals surface area contributed by atoms with Crippen LogP contribution in [0.5, 0.6) is 0 Å². The van der Waals surface area contributed by atoms with E-state index in [1.807, 2.05) is 0 Å². The van der Waals surface area contributed by atoms with Gasteiger partial charge in [-0.2, -0.15) is 0 Å². The first-order chi connectivity index (χ1) is 7.41. The number of rotatable bonds is 1. The Morgan fingerprint density at radius 1 is 1.38 bits per heavy atom. The second kappa shape index (κ2) is 3.61. The van der Waals surface area contributed by atoms with Gasteiger partial charge in [0.1, 0.15) is 5.82 Å². The van der Waals surface area contributed by atoms with Gasteiger partial charge in [0.15, 0.2) is 5.69 Å². The van der Waals surface area contributed by atoms with Crippen LogP contribution in [0.1, 0.15) is 55.6 Å². The largest absolute Gasteiger partial charge is 0.476 e. The molecule has 0 amide bonds. The van der Waals surface area contributed by atoms with Gasteiger partial charge in [-0.15, -0.1) is 0 Å². The lowest BCUT2D eigenvalue weighted by atomic mass is 9.95. The lowest BCUT2D eigenvalue weighted by Crippen LogP contribution is -2.22. The Hall–Kier alpha value is -1.32. The van der Waals surface area contributed by atoms with Crippen LogP contribution >= 0.6 is 0 Å². The summed E-state index contributed by atoms with van der Waals surface area (Å²) in [5.41, 5.74) is 1.06. The molecule has 1 aromatic rings. The topological polar surface area (TPSA) is 55.1 Å². The quantitative estimate of drug-likeness (QED) is 0.792. The molecule has 0 fully saturated rings. The maximum absolute atomic E-state index is 11.1. The number of carboxylic acid groups (broad SMARTS) is 1. The van der Waals surface area contributed by atoms with Crippen molar-refractivity contribution in [1.82, 2.24) is 9.55 Å². The summed E-state index contributed by atoms with van der Waals surface area (Å²) in [6.45, 7) is 7.12. The first-order valence-corrected chi connectivity index (χ1v) is 5.74. The minimum absolute atomic E-state index is 0.0974. The second-order valence-electron chi connectivity index (χ2n) is 5.39. The Balaban J connectivity index is 2.59. The smallest absolute Gasteiger partial charge is 0.356 e. The molecule has 0 atom stereocenters. The first-order valence-electron chi connectivity index (χ1n) is 5.74. The van der Waals surface area contributed by atoms with Crippen LogP contribution in [-0.2, 0) is 18.4 Å². The molecular formula is C12H18N2O2. The molecule has 4 nitrogen and oxygen atoms in total. The van der Waals surface area contributed by atoms with E-state index in [0.29, 0.717) is 0 Å². The monoisotopic (exact) mass is 222 g/mol. The molecule has 0 bridgehead atoms. The van der Waals surface area contributed by atoms with Gasteiger partial charge in [0, 0.05) is 12.0 Å². The Kier molecular flexibility index (Phi) is 2.52. The van der Waals surface area contributed by atoms with E-state index in [2.05, 4.69) is 30.3 Å². The van der Waals surface area contributed by atoms with Crippen molar-refractivity contribution in [3.8, 4) is 0 Å². The third-order valence-electron chi connectivity index (χ3n) is 2.99. The summed E-state index contributed by atoms with van der Waals surface area (Å²) in [6.07, 6.45) is 3.02. The zero-order valence-electron chi connectivity index (χ0n) is 10.1. The third-order valence-corrected chi connectivity index (χ3v) is 2.99. The SMILES string of the molecule is CC(C)(C)c1nc(C(=O)O)c2n1CCCC2. The fourth-order valence-electron chi connectivity index (χ4n) is 2.29. The minimum atomic E-state index is -0.902. The lowest BCUT2D eigenvalue weighted by molar-refractivity contribution is 0.0689. The van der Waals surface area contributed by atoms with Crippen molar-refractivity contribution in [1.29, 1.82) is 0 Å². The highest BCUT2D eigenvalue weighted by Crippen LogP contribution is 2.28. The van der Waals surface area contributed by atoms with E-state index in [-0.39, 0.29) is 11.1 Å². The van der Waals surface area contributed by atoms with E-state index in [4.69, 9.17) is 5.11 Å². The van der Waals surface area contributed by atoms with E-state index < -0.39 is 5.97 Å². The molecule has 0 aliphatic carbocycles. The van der Waals surface area contributed by atoms with Crippen LogP contribution in [0.4, 0.5) is 0 Å². The highest BCUT2D eigenvalue weighted by molar-refractivity contribution is 5.87. The fourth-order valence-corrected chi connectivity index (χ4v) is 2.29. The van der Waals surface area contributed by atoms with Crippen molar-refractivity contribution >= 4 is 5.97 Å². The number of carbonyl (C=O) groups is 1. The molecule has 1 aliphatic heterocycles. The Morgan fingerprint density at radius 3 is 2.62 bits per heavy atom. The van der Waals surface area contributed by atoms with Crippen LogP contribution in [0.3, 0.4) is 0 Å². The van der Waals surface area contributed by atoms with Gasteiger partial charge in [-0.3, -0.25) is 0 Å². The first kappa shape index (κ1) is 11.2. The van der Waals surface area contributed by atoms with Crippen LogP contribution in [-0.4, -0.2) is 20.6 Å². The fraction of sp³-hybridized carbons (Fsp3) is 0.667. The van der Waals surface area contributed by atoms with Crippen LogP contribution in [0.2, 0.25) is 0 Å². The van der Waals surface area contributed by atoms with Gasteiger partial charge in [0.25, 0.3) is 0 Å². The molecule has 4 heteroatoms. The zero-order chi connectivity index (χ0) is 11.9. The molecule has 0 saturated heterocycles. The van der Waals surface area contributed by atoms with Crippen LogP contribution in [0, 0.1) is 0 Å². The van der Waals surface area contributed by atoms with Gasteiger partial charge in [0.2, 0.25) is 0 Å². The molecule has 0 saturated carbocycles. The minimum Gasteiger partial charge on any atom is -0.476 e. The van der Waals surface area contributed by atoms with E-state index in [1.54, 1.807) is 0 Å². The van der Waals surface area contributed by atoms with Crippen molar-refractivity contribution in [2.45, 2.75) is 52.0 Å². The van der Waals surface area contributed by atoms with Gasteiger partial charge in [-0.05, 0) is 19.3 Å². The second-order valence-corrected chi connectivity index (χ2v) is 5.39. The Morgan fingerprint density at radius 2 is 2.06 bits per heavy atom. The van der Waals surface area contributed by atoms with Crippen molar-refractivity contribution < 1.29 is 9.90 Å². The molecule has 1 aromatic heterocycles. The van der Waals surface area contributed by atoms with Gasteiger partial charge in [-0.1, -0.05) is 20.8 Å². The number of aromatic nitrogens is 2. The molecule has 16 heavy (non-hydrogen) atoms. The number of aromatic carboxylic acids is 1. The van der Waals surface area contributed by atoms with Gasteiger partial charge in [-0.25, -0.2) is 9.78 Å². The molecule has 0 spiro atoms. The number of hydrogen-bond acceptors (Lipinski definition) is 2. The average molecular weight is 222 g/mol. The summed E-state index contributed by atoms with van der Waals surface area (Å²) in [5, 5.41) is 9.14. The van der Waals surface area contributed by atoms with Gasteiger partial charge < -0.3 is 9.67 Å². The summed E-state index contributed by atoms with van der Waals surface area (Å²) in [7, 11) is 0. The summed E-state index contributed by atoms with van der Waals surface area (Å²) in [5.74, 6) is 0.000694. The molecule has 0 unspecified atom stereocenters. The number of fused-ring (bicyclic) bond motifs is 1. The number of hydrogen-bond donors (Lipinski definition) is 1. The summed E-state index contributed by atoms with van der Waals surface area (Å²) < 4.78 is 2.10. The highest BCUT2D eigenvalue weighted by Gasteiger charge is 2.29. The molecule has 1 aliphatic rings. The normalized spacial score (nSPS) is 15.9. The Labute approximate surface area is 95.3 Å². The van der Waals surface area contributed by atoms with Crippen LogP contribution in [0.15, 0.2) is 0 Å². The van der Waals surface area contributed by atoms with Crippen molar-refractivity contribution in [2.75, 3.05) is 0 Å². The van der Waals surface area contributed by atoms with Crippen molar-refractivity contribution in [3.63, 3.8) is 0 Å². The average Bonchev–Trinajstić information content (AvgIpc) is 2.56. The van der Waals surface area contributed by atoms with Crippen molar-refractivity contribution in [3.05, 3.63) is 17.2 Å². The maximum Gasteiger partial charge on any atom is 0.356 e. The highest BCUT2D eigenvalue weighted by atomic mass is 16.4. The predicted octanol–water partition coefficient (Wildman–Crippen LogP) is 2.22. The van der Waals surface area contributed by atoms with E-state index in [0.717, 1.165) is 37.3 Å². The standard InChI is InChI=1S/C12H18N2O2/c1-12(2,3)11-13-9(10(15)16)8-6-4-5-7-14(8)11/h4-7H2,1-3H3,(H,15,16). The van der Waals surface area contributed by atoms with Crippen LogP contribution in [0.25, 0.3) is 0 Å². The molecule has 0 radical (unpaired) electrons. The molecule has 1 N–H and O–H groups in total. The summed E-state index contributed by atoms with van der Waals surface area (Å²) in [6, 6.07) is 0. The number of carboxylic acids is 1. The predicted molar refractivity (Wildman–Crippen MR) is 60.8 cm³/mol. The van der Waals surface area contributed by atoms with E-state index in [1.165, 1.54) is 0 Å². The molecule has 0 aromatic carbocycles. The number of imidazole rings is 1. The van der Waals surface area contributed by atoms with Crippen molar-refractivity contribution in [2.24, 2.45) is 0 Å². The molecule has 2 rings (SSSR count). The van der Waals surface area contributed by atoms with E-state index in [9.17, 15) is 4.79 Å². The Bertz CT molecular complexity index is 427. The molecule has 2 heterocycles. The zero-order valence-corrected chi connectivity index (χ0v) is 10.1. The molecular weight excluding hydrogens is 204 g/mol. The molecule has 88 valence electrons. The third kappa shape index (κ3) is 1.72. The summed E-state index contributed by atoms with van der Waals surface area (Å²) in [4.78, 5) is 15.5. The summed E-state index contributed by atoms with van der Waals surface area (Å²) >= 11 is 0. The van der Waals surface area contributed by atoms with Gasteiger partial charge >= 0.3 is 5.97 Å². The lowest BCUT2D eigenvalue weighted by Gasteiger charge is -2.23. The van der Waals surface area contributed by atoms with Crippen LogP contribution < -0.4 is 0 Å².